The molecule has 0 atom stereocenters. The minimum absolute atomic E-state index is 0.249. The van der Waals surface area contributed by atoms with Crippen molar-refractivity contribution in [1.29, 1.82) is 5.26 Å². The molecule has 0 saturated heterocycles. The zero-order valence-electron chi connectivity index (χ0n) is 15.4. The molecule has 134 valence electrons. The molecule has 0 unspecified atom stereocenters. The quantitative estimate of drug-likeness (QED) is 0.728. The zero-order valence-corrected chi connectivity index (χ0v) is 15.4. The summed E-state index contributed by atoms with van der Waals surface area (Å²) in [6.07, 6.45) is 0. The normalized spacial score (nSPS) is 10.1. The Morgan fingerprint density at radius 3 is 2.41 bits per heavy atom. The van der Waals surface area contributed by atoms with Crippen molar-refractivity contribution in [3.8, 4) is 6.07 Å². The summed E-state index contributed by atoms with van der Waals surface area (Å²) >= 11 is 0. The Morgan fingerprint density at radius 2 is 1.70 bits per heavy atom. The molecule has 2 N–H and O–H groups in total. The Bertz CT molecular complexity index is 1030. The lowest BCUT2D eigenvalue weighted by molar-refractivity contribution is 0.102. The number of benzene rings is 2. The number of carbonyl (C=O) groups excluding carboxylic acids is 1. The van der Waals surface area contributed by atoms with Crippen molar-refractivity contribution in [2.45, 2.75) is 20.8 Å². The Kier molecular flexibility index (Phi) is 5.13. The molecule has 0 saturated carbocycles. The summed E-state index contributed by atoms with van der Waals surface area (Å²) in [7, 11) is 0. The molecule has 2 aromatic carbocycles. The minimum atomic E-state index is -0.317. The fourth-order valence-corrected chi connectivity index (χ4v) is 2.79. The van der Waals surface area contributed by atoms with E-state index < -0.39 is 0 Å². The van der Waals surface area contributed by atoms with Crippen LogP contribution in [0.3, 0.4) is 0 Å². The summed E-state index contributed by atoms with van der Waals surface area (Å²) < 4.78 is 0. The topological polar surface area (TPSA) is 90.7 Å². The van der Waals surface area contributed by atoms with Gasteiger partial charge in [-0.25, -0.2) is 9.97 Å². The van der Waals surface area contributed by atoms with Crippen LogP contribution >= 0.6 is 0 Å². The molecule has 6 nitrogen and oxygen atoms in total. The molecule has 1 amide bonds. The summed E-state index contributed by atoms with van der Waals surface area (Å²) in [5.74, 6) is -0.0506. The van der Waals surface area contributed by atoms with Crippen LogP contribution in [0.5, 0.6) is 0 Å². The second-order valence-corrected chi connectivity index (χ2v) is 6.33. The largest absolute Gasteiger partial charge is 0.323 e. The molecule has 0 bridgehead atoms. The molecule has 1 aromatic heterocycles. The zero-order chi connectivity index (χ0) is 19.4. The molecule has 1 heterocycles. The van der Waals surface area contributed by atoms with Gasteiger partial charge in [0.15, 0.2) is 0 Å². The number of nitriles is 1. The summed E-state index contributed by atoms with van der Waals surface area (Å²) in [5.41, 5.74) is 4.82. The van der Waals surface area contributed by atoms with Crippen LogP contribution in [0.4, 0.5) is 17.3 Å². The molecule has 3 rings (SSSR count). The van der Waals surface area contributed by atoms with E-state index >= 15 is 0 Å². The van der Waals surface area contributed by atoms with Crippen LogP contribution in [0, 0.1) is 32.1 Å². The molecular weight excluding hydrogens is 338 g/mol. The predicted molar refractivity (Wildman–Crippen MR) is 105 cm³/mol. The van der Waals surface area contributed by atoms with Gasteiger partial charge in [-0.05, 0) is 62.2 Å². The standard InChI is InChI=1S/C21H19N5O/c1-13-8-14(2)10-17(9-13)24-20(27)19-11-15(3)23-21(26-19)25-18-7-5-4-6-16(18)12-22/h4-11H,1-3H3,(H,24,27)(H,23,25,26). The number of rotatable bonds is 4. The van der Waals surface area contributed by atoms with Crippen LogP contribution in [0.15, 0.2) is 48.5 Å². The number of nitrogens with zero attached hydrogens (tertiary/aromatic N) is 3. The van der Waals surface area contributed by atoms with Gasteiger partial charge in [0.05, 0.1) is 11.3 Å². The highest BCUT2D eigenvalue weighted by molar-refractivity contribution is 6.03. The van der Waals surface area contributed by atoms with E-state index in [-0.39, 0.29) is 17.5 Å². The van der Waals surface area contributed by atoms with E-state index in [1.807, 2.05) is 38.1 Å². The number of aromatic nitrogens is 2. The number of hydrogen-bond acceptors (Lipinski definition) is 5. The van der Waals surface area contributed by atoms with E-state index in [0.29, 0.717) is 16.9 Å². The van der Waals surface area contributed by atoms with Crippen molar-refractivity contribution in [2.24, 2.45) is 0 Å². The number of hydrogen-bond donors (Lipinski definition) is 2. The highest BCUT2D eigenvalue weighted by Gasteiger charge is 2.12. The number of amides is 1. The Hall–Kier alpha value is -3.72. The Labute approximate surface area is 157 Å². The third kappa shape index (κ3) is 4.47. The van der Waals surface area contributed by atoms with Gasteiger partial charge in [-0.15, -0.1) is 0 Å². The van der Waals surface area contributed by atoms with Gasteiger partial charge < -0.3 is 10.6 Å². The molecule has 27 heavy (non-hydrogen) atoms. The van der Waals surface area contributed by atoms with Crippen molar-refractivity contribution < 1.29 is 4.79 Å². The van der Waals surface area contributed by atoms with Gasteiger partial charge in [-0.3, -0.25) is 4.79 Å². The lowest BCUT2D eigenvalue weighted by Crippen LogP contribution is -2.15. The second kappa shape index (κ2) is 7.67. The number of para-hydroxylation sites is 1. The van der Waals surface area contributed by atoms with Crippen molar-refractivity contribution in [1.82, 2.24) is 9.97 Å². The maximum absolute atomic E-state index is 12.6. The van der Waals surface area contributed by atoms with E-state index in [0.717, 1.165) is 16.8 Å². The molecule has 3 aromatic rings. The maximum atomic E-state index is 12.6. The molecule has 0 aliphatic carbocycles. The van der Waals surface area contributed by atoms with Gasteiger partial charge in [-0.2, -0.15) is 5.26 Å². The van der Waals surface area contributed by atoms with Crippen LogP contribution in [0.2, 0.25) is 0 Å². The molecule has 0 spiro atoms. The molecule has 0 aliphatic rings. The fraction of sp³-hybridized carbons (Fsp3) is 0.143. The van der Waals surface area contributed by atoms with E-state index in [4.69, 9.17) is 0 Å². The SMILES string of the molecule is Cc1cc(C)cc(NC(=O)c2cc(C)nc(Nc3ccccc3C#N)n2)c1. The van der Waals surface area contributed by atoms with E-state index in [1.165, 1.54) is 0 Å². The first-order valence-corrected chi connectivity index (χ1v) is 8.46. The van der Waals surface area contributed by atoms with Gasteiger partial charge in [-0.1, -0.05) is 18.2 Å². The third-order valence-corrected chi connectivity index (χ3v) is 3.86. The third-order valence-electron chi connectivity index (χ3n) is 3.86. The average Bonchev–Trinajstić information content (AvgIpc) is 2.60. The number of carbonyl (C=O) groups is 1. The van der Waals surface area contributed by atoms with Crippen molar-refractivity contribution >= 4 is 23.2 Å². The molecule has 0 radical (unpaired) electrons. The van der Waals surface area contributed by atoms with Crippen LogP contribution < -0.4 is 10.6 Å². The van der Waals surface area contributed by atoms with E-state index in [9.17, 15) is 10.1 Å². The van der Waals surface area contributed by atoms with Crippen LogP contribution in [-0.2, 0) is 0 Å². The van der Waals surface area contributed by atoms with Gasteiger partial charge in [0.1, 0.15) is 11.8 Å². The van der Waals surface area contributed by atoms with Crippen LogP contribution in [0.1, 0.15) is 32.9 Å². The molecule has 6 heteroatoms. The number of nitrogens with one attached hydrogen (secondary N) is 2. The maximum Gasteiger partial charge on any atom is 0.274 e. The average molecular weight is 357 g/mol. The van der Waals surface area contributed by atoms with Gasteiger partial charge in [0.2, 0.25) is 5.95 Å². The number of anilines is 3. The smallest absolute Gasteiger partial charge is 0.274 e. The molecule has 0 aliphatic heterocycles. The summed E-state index contributed by atoms with van der Waals surface area (Å²) in [6, 6.07) is 16.6. The first-order valence-electron chi connectivity index (χ1n) is 8.46. The van der Waals surface area contributed by atoms with Crippen molar-refractivity contribution in [3.05, 3.63) is 76.6 Å². The predicted octanol–water partition coefficient (Wildman–Crippen LogP) is 4.27. The second-order valence-electron chi connectivity index (χ2n) is 6.33. The lowest BCUT2D eigenvalue weighted by Gasteiger charge is -2.10. The van der Waals surface area contributed by atoms with Crippen molar-refractivity contribution in [2.75, 3.05) is 10.6 Å². The van der Waals surface area contributed by atoms with E-state index in [2.05, 4.69) is 26.7 Å². The van der Waals surface area contributed by atoms with E-state index in [1.54, 1.807) is 31.2 Å². The van der Waals surface area contributed by atoms with Crippen molar-refractivity contribution in [3.63, 3.8) is 0 Å². The van der Waals surface area contributed by atoms with Crippen LogP contribution in [-0.4, -0.2) is 15.9 Å². The van der Waals surface area contributed by atoms with Gasteiger partial charge >= 0.3 is 0 Å². The highest BCUT2D eigenvalue weighted by atomic mass is 16.1. The van der Waals surface area contributed by atoms with Gasteiger partial charge in [0.25, 0.3) is 5.91 Å². The monoisotopic (exact) mass is 357 g/mol. The first-order chi connectivity index (χ1) is 12.9. The van der Waals surface area contributed by atoms with Gasteiger partial charge in [0, 0.05) is 11.4 Å². The summed E-state index contributed by atoms with van der Waals surface area (Å²) in [6.45, 7) is 5.75. The first kappa shape index (κ1) is 18.1. The Morgan fingerprint density at radius 1 is 1.00 bits per heavy atom. The lowest BCUT2D eigenvalue weighted by atomic mass is 10.1. The molecule has 0 fully saturated rings. The Balaban J connectivity index is 1.86. The van der Waals surface area contributed by atoms with Crippen LogP contribution in [0.25, 0.3) is 0 Å². The minimum Gasteiger partial charge on any atom is -0.323 e. The molecular formula is C21H19N5O. The fourth-order valence-electron chi connectivity index (χ4n) is 2.79. The summed E-state index contributed by atoms with van der Waals surface area (Å²) in [5, 5.41) is 15.1. The summed E-state index contributed by atoms with van der Waals surface area (Å²) in [4.78, 5) is 21.2. The highest BCUT2D eigenvalue weighted by Crippen LogP contribution is 2.19. The number of aryl methyl sites for hydroxylation is 3.